The lowest BCUT2D eigenvalue weighted by atomic mass is 9.84. The summed E-state index contributed by atoms with van der Waals surface area (Å²) >= 11 is 2.01. The van der Waals surface area contributed by atoms with E-state index in [9.17, 15) is 0 Å². The number of aryl methyl sites for hydroxylation is 2. The zero-order chi connectivity index (χ0) is 13.1. The van der Waals surface area contributed by atoms with Gasteiger partial charge >= 0.3 is 0 Å². The Balaban J connectivity index is 1.71. The average molecular weight is 276 g/mol. The van der Waals surface area contributed by atoms with E-state index in [4.69, 9.17) is 4.98 Å². The van der Waals surface area contributed by atoms with Crippen molar-refractivity contribution in [3.8, 4) is 0 Å². The van der Waals surface area contributed by atoms with Crippen LogP contribution in [-0.4, -0.2) is 11.0 Å². The van der Waals surface area contributed by atoms with Gasteiger partial charge < -0.3 is 5.32 Å². The molecule has 1 unspecified atom stereocenters. The molecule has 0 saturated heterocycles. The molecule has 19 heavy (non-hydrogen) atoms. The molecule has 2 saturated carbocycles. The van der Waals surface area contributed by atoms with Crippen LogP contribution in [0.15, 0.2) is 0 Å². The molecule has 2 nitrogen and oxygen atoms in total. The van der Waals surface area contributed by atoms with Crippen LogP contribution in [0.2, 0.25) is 0 Å². The quantitative estimate of drug-likeness (QED) is 0.905. The van der Waals surface area contributed by atoms with Crippen LogP contribution in [-0.2, 0) is 18.4 Å². The van der Waals surface area contributed by atoms with Crippen molar-refractivity contribution in [2.24, 2.45) is 5.41 Å². The highest BCUT2D eigenvalue weighted by atomic mass is 32.1. The molecule has 3 aliphatic rings. The van der Waals surface area contributed by atoms with Crippen molar-refractivity contribution in [2.75, 3.05) is 0 Å². The lowest BCUT2D eigenvalue weighted by Crippen LogP contribution is -2.47. The predicted molar refractivity (Wildman–Crippen MR) is 79.6 cm³/mol. The SMILES string of the molecule is CC1(C(C)(NC2CC2)c2nc3c(s2)CCCC3)CC1. The van der Waals surface area contributed by atoms with E-state index in [1.807, 2.05) is 11.3 Å². The summed E-state index contributed by atoms with van der Waals surface area (Å²) in [6.45, 7) is 4.87. The third-order valence-electron chi connectivity index (χ3n) is 5.55. The molecular weight excluding hydrogens is 252 g/mol. The van der Waals surface area contributed by atoms with Crippen LogP contribution in [0, 0.1) is 5.41 Å². The maximum absolute atomic E-state index is 5.07. The normalized spacial score (nSPS) is 27.7. The van der Waals surface area contributed by atoms with Crippen LogP contribution in [0.5, 0.6) is 0 Å². The molecule has 0 spiro atoms. The van der Waals surface area contributed by atoms with Gasteiger partial charge in [0.25, 0.3) is 0 Å². The van der Waals surface area contributed by atoms with E-state index in [-0.39, 0.29) is 5.54 Å². The van der Waals surface area contributed by atoms with Gasteiger partial charge in [0, 0.05) is 10.9 Å². The van der Waals surface area contributed by atoms with Crippen LogP contribution in [0.3, 0.4) is 0 Å². The molecule has 2 fully saturated rings. The molecule has 0 amide bonds. The molecule has 1 aromatic rings. The van der Waals surface area contributed by atoms with Gasteiger partial charge in [0.05, 0.1) is 11.2 Å². The minimum absolute atomic E-state index is 0.121. The number of aromatic nitrogens is 1. The molecule has 0 radical (unpaired) electrons. The molecule has 1 N–H and O–H groups in total. The molecule has 1 aromatic heterocycles. The Morgan fingerprint density at radius 2 is 2.00 bits per heavy atom. The lowest BCUT2D eigenvalue weighted by molar-refractivity contribution is 0.222. The summed E-state index contributed by atoms with van der Waals surface area (Å²) in [5.41, 5.74) is 1.98. The largest absolute Gasteiger partial charge is 0.302 e. The molecule has 4 rings (SSSR count). The Hall–Kier alpha value is -0.410. The van der Waals surface area contributed by atoms with Crippen molar-refractivity contribution < 1.29 is 0 Å². The van der Waals surface area contributed by atoms with Crippen molar-refractivity contribution in [3.63, 3.8) is 0 Å². The summed E-state index contributed by atoms with van der Waals surface area (Å²) < 4.78 is 0. The van der Waals surface area contributed by atoms with Gasteiger partial charge in [-0.25, -0.2) is 4.98 Å². The van der Waals surface area contributed by atoms with Crippen LogP contribution in [0.1, 0.15) is 68.0 Å². The van der Waals surface area contributed by atoms with Crippen LogP contribution < -0.4 is 5.32 Å². The van der Waals surface area contributed by atoms with Gasteiger partial charge in [-0.2, -0.15) is 0 Å². The van der Waals surface area contributed by atoms with Gasteiger partial charge in [0.15, 0.2) is 0 Å². The van der Waals surface area contributed by atoms with E-state index in [1.54, 1.807) is 4.88 Å². The molecule has 1 atom stereocenters. The van der Waals surface area contributed by atoms with Crippen molar-refractivity contribution in [1.29, 1.82) is 0 Å². The summed E-state index contributed by atoms with van der Waals surface area (Å²) in [5, 5.41) is 5.32. The van der Waals surface area contributed by atoms with Crippen molar-refractivity contribution in [2.45, 2.75) is 76.8 Å². The van der Waals surface area contributed by atoms with Gasteiger partial charge in [0.1, 0.15) is 5.01 Å². The topological polar surface area (TPSA) is 24.9 Å². The minimum Gasteiger partial charge on any atom is -0.302 e. The van der Waals surface area contributed by atoms with E-state index in [2.05, 4.69) is 19.2 Å². The molecule has 3 aliphatic carbocycles. The van der Waals surface area contributed by atoms with E-state index in [0.29, 0.717) is 5.41 Å². The lowest BCUT2D eigenvalue weighted by Gasteiger charge is -2.36. The van der Waals surface area contributed by atoms with E-state index >= 15 is 0 Å². The standard InChI is InChI=1S/C16H24N2S/c1-15(9-10-15)16(2,18-11-7-8-11)14-17-12-5-3-4-6-13(12)19-14/h11,18H,3-10H2,1-2H3. The molecular formula is C16H24N2S. The second-order valence-electron chi connectivity index (χ2n) is 7.20. The van der Waals surface area contributed by atoms with E-state index < -0.39 is 0 Å². The molecule has 0 aromatic carbocycles. The first-order valence-electron chi connectivity index (χ1n) is 7.87. The number of hydrogen-bond acceptors (Lipinski definition) is 3. The summed E-state index contributed by atoms with van der Waals surface area (Å²) in [7, 11) is 0. The third-order valence-corrected chi connectivity index (χ3v) is 6.93. The fourth-order valence-electron chi connectivity index (χ4n) is 3.38. The van der Waals surface area contributed by atoms with Gasteiger partial charge in [-0.15, -0.1) is 11.3 Å². The van der Waals surface area contributed by atoms with Gasteiger partial charge in [0.2, 0.25) is 0 Å². The van der Waals surface area contributed by atoms with E-state index in [1.165, 1.54) is 62.1 Å². The predicted octanol–water partition coefficient (Wildman–Crippen LogP) is 3.79. The number of fused-ring (bicyclic) bond motifs is 1. The molecule has 0 bridgehead atoms. The van der Waals surface area contributed by atoms with Gasteiger partial charge in [-0.1, -0.05) is 6.92 Å². The average Bonchev–Trinajstić information content (AvgIpc) is 3.30. The molecule has 104 valence electrons. The van der Waals surface area contributed by atoms with Gasteiger partial charge in [-0.05, 0) is 63.7 Å². The molecule has 1 heterocycles. The second-order valence-corrected chi connectivity index (χ2v) is 8.28. The zero-order valence-corrected chi connectivity index (χ0v) is 12.9. The van der Waals surface area contributed by atoms with E-state index in [0.717, 1.165) is 6.04 Å². The molecule has 0 aliphatic heterocycles. The highest BCUT2D eigenvalue weighted by molar-refractivity contribution is 7.11. The number of thiazole rings is 1. The fourth-order valence-corrected chi connectivity index (χ4v) is 4.79. The Labute approximate surface area is 120 Å². The monoisotopic (exact) mass is 276 g/mol. The van der Waals surface area contributed by atoms with Crippen molar-refractivity contribution in [1.82, 2.24) is 10.3 Å². The second kappa shape index (κ2) is 4.05. The van der Waals surface area contributed by atoms with Crippen LogP contribution in [0.4, 0.5) is 0 Å². The summed E-state index contributed by atoms with van der Waals surface area (Å²) in [6.07, 6.45) is 10.6. The Kier molecular flexibility index (Phi) is 2.63. The van der Waals surface area contributed by atoms with Crippen molar-refractivity contribution in [3.05, 3.63) is 15.6 Å². The fraction of sp³-hybridized carbons (Fsp3) is 0.812. The third kappa shape index (κ3) is 1.97. The van der Waals surface area contributed by atoms with Gasteiger partial charge in [-0.3, -0.25) is 0 Å². The highest BCUT2D eigenvalue weighted by Crippen LogP contribution is 2.59. The minimum atomic E-state index is 0.121. The Morgan fingerprint density at radius 1 is 1.26 bits per heavy atom. The molecule has 3 heteroatoms. The number of rotatable bonds is 4. The maximum atomic E-state index is 5.07. The Bertz CT molecular complexity index is 475. The highest BCUT2D eigenvalue weighted by Gasteiger charge is 2.56. The first-order valence-corrected chi connectivity index (χ1v) is 8.69. The van der Waals surface area contributed by atoms with Crippen LogP contribution >= 0.6 is 11.3 Å². The number of nitrogens with zero attached hydrogens (tertiary/aromatic N) is 1. The zero-order valence-electron chi connectivity index (χ0n) is 12.1. The maximum Gasteiger partial charge on any atom is 0.114 e. The summed E-state index contributed by atoms with van der Waals surface area (Å²) in [5.74, 6) is 0. The van der Waals surface area contributed by atoms with Crippen LogP contribution in [0.25, 0.3) is 0 Å². The first kappa shape index (κ1) is 12.3. The smallest absolute Gasteiger partial charge is 0.114 e. The number of nitrogens with one attached hydrogen (secondary N) is 1. The Morgan fingerprint density at radius 3 is 2.63 bits per heavy atom. The number of hydrogen-bond donors (Lipinski definition) is 1. The first-order chi connectivity index (χ1) is 9.11. The van der Waals surface area contributed by atoms with Crippen molar-refractivity contribution >= 4 is 11.3 Å². The summed E-state index contributed by atoms with van der Waals surface area (Å²) in [4.78, 5) is 6.64. The summed E-state index contributed by atoms with van der Waals surface area (Å²) in [6, 6.07) is 0.753.